The first-order valence-electron chi connectivity index (χ1n) is 3.82. The van der Waals surface area contributed by atoms with Crippen LogP contribution >= 0.6 is 0 Å². The fourth-order valence-electron chi connectivity index (χ4n) is 1.05. The van der Waals surface area contributed by atoms with Gasteiger partial charge in [-0.25, -0.2) is 9.36 Å². The highest BCUT2D eigenvalue weighted by Gasteiger charge is 2.01. The van der Waals surface area contributed by atoms with Gasteiger partial charge in [0.05, 0.1) is 12.4 Å². The van der Waals surface area contributed by atoms with Gasteiger partial charge in [0, 0.05) is 12.1 Å². The maximum atomic E-state index is 5.63. The number of hydrogen-bond acceptors (Lipinski definition) is 4. The summed E-state index contributed by atoms with van der Waals surface area (Å²) >= 11 is 0. The van der Waals surface area contributed by atoms with Gasteiger partial charge >= 0.3 is 0 Å². The van der Waals surface area contributed by atoms with E-state index in [9.17, 15) is 0 Å². The van der Waals surface area contributed by atoms with Crippen LogP contribution in [0, 0.1) is 0 Å². The van der Waals surface area contributed by atoms with Gasteiger partial charge < -0.3 is 11.5 Å². The minimum atomic E-state index is 0.442. The maximum absolute atomic E-state index is 5.63. The lowest BCUT2D eigenvalue weighted by molar-refractivity contribution is 0.515. The van der Waals surface area contributed by atoms with E-state index in [4.69, 9.17) is 11.5 Å². The standard InChI is InChI=1S/C7H10N6/c8-6-1-3-10-12(6)5-13-7(9)2-4-11-13/h1-4H,5,8-9H2. The van der Waals surface area contributed by atoms with Crippen LogP contribution in [0.2, 0.25) is 0 Å². The Morgan fingerprint density at radius 1 is 1.00 bits per heavy atom. The molecule has 4 N–H and O–H groups in total. The molecule has 0 aromatic carbocycles. The van der Waals surface area contributed by atoms with Gasteiger partial charge in [0.15, 0.2) is 0 Å². The van der Waals surface area contributed by atoms with Crippen LogP contribution in [0.15, 0.2) is 24.5 Å². The lowest BCUT2D eigenvalue weighted by Crippen LogP contribution is -2.14. The predicted octanol–water partition coefficient (Wildman–Crippen LogP) is -0.250. The molecular formula is C7H10N6. The Bertz CT molecular complexity index is 362. The zero-order chi connectivity index (χ0) is 9.26. The summed E-state index contributed by atoms with van der Waals surface area (Å²) in [5.41, 5.74) is 11.3. The molecule has 0 spiro atoms. The van der Waals surface area contributed by atoms with Crippen LogP contribution in [0.25, 0.3) is 0 Å². The molecule has 2 heterocycles. The Labute approximate surface area is 74.7 Å². The number of nitrogen functional groups attached to an aromatic ring is 2. The first kappa shape index (κ1) is 7.66. The normalized spacial score (nSPS) is 10.5. The Balaban J connectivity index is 2.24. The van der Waals surface area contributed by atoms with Crippen LogP contribution in [0.5, 0.6) is 0 Å². The molecule has 0 aliphatic heterocycles. The van der Waals surface area contributed by atoms with Crippen LogP contribution in [0.4, 0.5) is 11.6 Å². The molecule has 0 aliphatic rings. The summed E-state index contributed by atoms with van der Waals surface area (Å²) < 4.78 is 3.23. The Morgan fingerprint density at radius 3 is 1.77 bits per heavy atom. The summed E-state index contributed by atoms with van der Waals surface area (Å²) in [6.07, 6.45) is 3.27. The number of rotatable bonds is 2. The van der Waals surface area contributed by atoms with Crippen molar-refractivity contribution >= 4 is 11.6 Å². The van der Waals surface area contributed by atoms with Crippen molar-refractivity contribution in [3.63, 3.8) is 0 Å². The minimum Gasteiger partial charge on any atom is -0.384 e. The Hall–Kier alpha value is -1.98. The van der Waals surface area contributed by atoms with Gasteiger partial charge in [-0.1, -0.05) is 0 Å². The molecule has 0 amide bonds. The molecule has 0 atom stereocenters. The van der Waals surface area contributed by atoms with E-state index in [-0.39, 0.29) is 0 Å². The van der Waals surface area contributed by atoms with Crippen LogP contribution in [-0.4, -0.2) is 19.6 Å². The van der Waals surface area contributed by atoms with Gasteiger partial charge in [0.25, 0.3) is 0 Å². The van der Waals surface area contributed by atoms with Crippen LogP contribution in [0.3, 0.4) is 0 Å². The van der Waals surface area contributed by atoms with Crippen molar-refractivity contribution in [3.05, 3.63) is 24.5 Å². The number of nitrogens with zero attached hydrogens (tertiary/aromatic N) is 4. The lowest BCUT2D eigenvalue weighted by Gasteiger charge is -2.05. The lowest BCUT2D eigenvalue weighted by atomic mass is 10.6. The topological polar surface area (TPSA) is 87.7 Å². The molecule has 0 saturated carbocycles. The fraction of sp³-hybridized carbons (Fsp3) is 0.143. The molecule has 13 heavy (non-hydrogen) atoms. The molecule has 0 aliphatic carbocycles. The van der Waals surface area contributed by atoms with E-state index in [1.54, 1.807) is 33.9 Å². The van der Waals surface area contributed by atoms with Gasteiger partial charge in [-0.2, -0.15) is 10.2 Å². The van der Waals surface area contributed by atoms with Gasteiger partial charge in [-0.3, -0.25) is 0 Å². The first-order valence-corrected chi connectivity index (χ1v) is 3.82. The van der Waals surface area contributed by atoms with Crippen LogP contribution in [-0.2, 0) is 6.67 Å². The molecule has 2 aromatic rings. The van der Waals surface area contributed by atoms with Crippen molar-refractivity contribution in [2.24, 2.45) is 0 Å². The molecule has 2 rings (SSSR count). The van der Waals surface area contributed by atoms with E-state index in [1.165, 1.54) is 0 Å². The molecule has 2 aromatic heterocycles. The van der Waals surface area contributed by atoms with Crippen molar-refractivity contribution in [1.29, 1.82) is 0 Å². The van der Waals surface area contributed by atoms with E-state index < -0.39 is 0 Å². The molecule has 6 nitrogen and oxygen atoms in total. The SMILES string of the molecule is Nc1ccnn1Cn1nccc1N. The van der Waals surface area contributed by atoms with Crippen molar-refractivity contribution in [3.8, 4) is 0 Å². The van der Waals surface area contributed by atoms with Crippen LogP contribution in [0.1, 0.15) is 0 Å². The third-order valence-electron chi connectivity index (χ3n) is 1.77. The first-order chi connectivity index (χ1) is 6.27. The zero-order valence-electron chi connectivity index (χ0n) is 6.96. The van der Waals surface area contributed by atoms with E-state index in [1.807, 2.05) is 0 Å². The maximum Gasteiger partial charge on any atom is 0.137 e. The largest absolute Gasteiger partial charge is 0.384 e. The average Bonchev–Trinajstić information content (AvgIpc) is 2.65. The number of aromatic nitrogens is 4. The highest BCUT2D eigenvalue weighted by Crippen LogP contribution is 2.04. The number of anilines is 2. The third-order valence-corrected chi connectivity index (χ3v) is 1.77. The second kappa shape index (κ2) is 2.81. The number of hydrogen-bond donors (Lipinski definition) is 2. The molecule has 6 heteroatoms. The molecular weight excluding hydrogens is 168 g/mol. The molecule has 0 radical (unpaired) electrons. The quantitative estimate of drug-likeness (QED) is 0.663. The van der Waals surface area contributed by atoms with Crippen molar-refractivity contribution in [2.75, 3.05) is 11.5 Å². The molecule has 0 fully saturated rings. The summed E-state index contributed by atoms with van der Waals surface area (Å²) in [6.45, 7) is 0.442. The second-order valence-electron chi connectivity index (χ2n) is 2.65. The van der Waals surface area contributed by atoms with Gasteiger partial charge in [0.2, 0.25) is 0 Å². The third kappa shape index (κ3) is 1.33. The van der Waals surface area contributed by atoms with Gasteiger partial charge in [0.1, 0.15) is 18.3 Å². The fourth-order valence-corrected chi connectivity index (χ4v) is 1.05. The van der Waals surface area contributed by atoms with Crippen molar-refractivity contribution in [2.45, 2.75) is 6.67 Å². The second-order valence-corrected chi connectivity index (χ2v) is 2.65. The monoisotopic (exact) mass is 178 g/mol. The van der Waals surface area contributed by atoms with Crippen molar-refractivity contribution in [1.82, 2.24) is 19.6 Å². The zero-order valence-corrected chi connectivity index (χ0v) is 6.96. The predicted molar refractivity (Wildman–Crippen MR) is 48.7 cm³/mol. The average molecular weight is 178 g/mol. The molecule has 0 unspecified atom stereocenters. The highest BCUT2D eigenvalue weighted by atomic mass is 15.4. The molecule has 0 bridgehead atoms. The summed E-state index contributed by atoms with van der Waals surface area (Å²) in [7, 11) is 0. The molecule has 68 valence electrons. The van der Waals surface area contributed by atoms with E-state index >= 15 is 0 Å². The number of nitrogens with two attached hydrogens (primary N) is 2. The van der Waals surface area contributed by atoms with E-state index in [0.29, 0.717) is 18.3 Å². The Morgan fingerprint density at radius 2 is 1.46 bits per heavy atom. The summed E-state index contributed by atoms with van der Waals surface area (Å²) in [4.78, 5) is 0. The minimum absolute atomic E-state index is 0.442. The van der Waals surface area contributed by atoms with E-state index in [0.717, 1.165) is 0 Å². The molecule has 0 saturated heterocycles. The Kier molecular flexibility index (Phi) is 1.66. The van der Waals surface area contributed by atoms with Crippen LogP contribution < -0.4 is 11.5 Å². The van der Waals surface area contributed by atoms with E-state index in [2.05, 4.69) is 10.2 Å². The summed E-state index contributed by atoms with van der Waals surface area (Å²) in [6, 6.07) is 3.44. The van der Waals surface area contributed by atoms with Gasteiger partial charge in [-0.15, -0.1) is 0 Å². The van der Waals surface area contributed by atoms with Crippen molar-refractivity contribution < 1.29 is 0 Å². The highest BCUT2D eigenvalue weighted by molar-refractivity contribution is 5.28. The summed E-state index contributed by atoms with van der Waals surface area (Å²) in [5, 5.41) is 8.01. The van der Waals surface area contributed by atoms with Gasteiger partial charge in [-0.05, 0) is 0 Å². The smallest absolute Gasteiger partial charge is 0.137 e. The summed E-state index contributed by atoms with van der Waals surface area (Å²) in [5.74, 6) is 1.19.